The van der Waals surface area contributed by atoms with Crippen molar-refractivity contribution >= 4 is 18.0 Å². The number of nitrogens with one attached hydrogen (secondary N) is 1. The second kappa shape index (κ2) is 4.48. The molecular weight excluding hydrogens is 222 g/mol. The SMILES string of the molecule is COc1ccc2c(c1)CC1=C2CNCC1.Cl. The van der Waals surface area contributed by atoms with Gasteiger partial charge in [0.1, 0.15) is 5.75 Å². The minimum absolute atomic E-state index is 0. The van der Waals surface area contributed by atoms with Crippen LogP contribution in [0.3, 0.4) is 0 Å². The summed E-state index contributed by atoms with van der Waals surface area (Å²) in [6, 6.07) is 6.43. The summed E-state index contributed by atoms with van der Waals surface area (Å²) < 4.78 is 5.26. The lowest BCUT2D eigenvalue weighted by Gasteiger charge is -2.15. The Bertz CT molecular complexity index is 440. The second-order valence-electron chi connectivity index (χ2n) is 4.21. The molecule has 0 amide bonds. The van der Waals surface area contributed by atoms with Gasteiger partial charge < -0.3 is 10.1 Å². The average molecular weight is 238 g/mol. The third-order valence-electron chi connectivity index (χ3n) is 3.37. The van der Waals surface area contributed by atoms with Gasteiger partial charge in [0.05, 0.1) is 7.11 Å². The van der Waals surface area contributed by atoms with Crippen molar-refractivity contribution in [2.75, 3.05) is 20.2 Å². The summed E-state index contributed by atoms with van der Waals surface area (Å²) in [5.41, 5.74) is 6.01. The summed E-state index contributed by atoms with van der Waals surface area (Å²) in [5.74, 6) is 0.974. The van der Waals surface area contributed by atoms with Crippen LogP contribution in [0.4, 0.5) is 0 Å². The average Bonchev–Trinajstić information content (AvgIpc) is 2.66. The van der Waals surface area contributed by atoms with E-state index in [2.05, 4.69) is 23.5 Å². The van der Waals surface area contributed by atoms with E-state index in [1.807, 2.05) is 0 Å². The standard InChI is InChI=1S/C13H15NO.ClH/c1-15-11-2-3-12-10(7-11)6-9-4-5-14-8-13(9)12;/h2-3,7,14H,4-6,8H2,1H3;1H. The van der Waals surface area contributed by atoms with E-state index in [-0.39, 0.29) is 12.4 Å². The third-order valence-corrected chi connectivity index (χ3v) is 3.37. The first kappa shape index (κ1) is 11.5. The molecule has 3 rings (SSSR count). The lowest BCUT2D eigenvalue weighted by molar-refractivity contribution is 0.414. The Labute approximate surface area is 102 Å². The van der Waals surface area contributed by atoms with Gasteiger partial charge in [-0.3, -0.25) is 0 Å². The number of hydrogen-bond acceptors (Lipinski definition) is 2. The van der Waals surface area contributed by atoms with Gasteiger partial charge >= 0.3 is 0 Å². The predicted octanol–water partition coefficient (Wildman–Crippen LogP) is 2.42. The van der Waals surface area contributed by atoms with Crippen LogP contribution in [0.25, 0.3) is 5.57 Å². The van der Waals surface area contributed by atoms with E-state index in [9.17, 15) is 0 Å². The topological polar surface area (TPSA) is 21.3 Å². The molecule has 86 valence electrons. The fourth-order valence-corrected chi connectivity index (χ4v) is 2.58. The smallest absolute Gasteiger partial charge is 0.119 e. The molecule has 0 bridgehead atoms. The molecule has 1 aliphatic heterocycles. The molecule has 1 aromatic rings. The van der Waals surface area contributed by atoms with Gasteiger partial charge in [0.2, 0.25) is 0 Å². The van der Waals surface area contributed by atoms with Crippen LogP contribution < -0.4 is 10.1 Å². The molecule has 0 unspecified atom stereocenters. The highest BCUT2D eigenvalue weighted by Crippen LogP contribution is 2.37. The summed E-state index contributed by atoms with van der Waals surface area (Å²) in [4.78, 5) is 0. The Hall–Kier alpha value is -0.990. The molecule has 1 heterocycles. The minimum atomic E-state index is 0. The molecule has 2 nitrogen and oxygen atoms in total. The number of hydrogen-bond donors (Lipinski definition) is 1. The van der Waals surface area contributed by atoms with Gasteiger partial charge in [0.15, 0.2) is 0 Å². The summed E-state index contributed by atoms with van der Waals surface area (Å²) >= 11 is 0. The van der Waals surface area contributed by atoms with E-state index < -0.39 is 0 Å². The predicted molar refractivity (Wildman–Crippen MR) is 68.4 cm³/mol. The van der Waals surface area contributed by atoms with Crippen molar-refractivity contribution in [1.29, 1.82) is 0 Å². The Morgan fingerprint density at radius 2 is 2.19 bits per heavy atom. The van der Waals surface area contributed by atoms with Crippen molar-refractivity contribution in [2.45, 2.75) is 12.8 Å². The molecule has 3 heteroatoms. The van der Waals surface area contributed by atoms with E-state index in [1.165, 1.54) is 23.1 Å². The van der Waals surface area contributed by atoms with Crippen molar-refractivity contribution in [2.24, 2.45) is 0 Å². The van der Waals surface area contributed by atoms with Gasteiger partial charge in [0.25, 0.3) is 0 Å². The van der Waals surface area contributed by atoms with Gasteiger partial charge in [0, 0.05) is 6.54 Å². The van der Waals surface area contributed by atoms with Crippen molar-refractivity contribution in [3.63, 3.8) is 0 Å². The third kappa shape index (κ3) is 1.72. The van der Waals surface area contributed by atoms with Crippen LogP contribution >= 0.6 is 12.4 Å². The highest BCUT2D eigenvalue weighted by molar-refractivity contribution is 5.85. The maximum Gasteiger partial charge on any atom is 0.119 e. The van der Waals surface area contributed by atoms with Gasteiger partial charge in [-0.15, -0.1) is 12.4 Å². The largest absolute Gasteiger partial charge is 0.497 e. The van der Waals surface area contributed by atoms with Crippen molar-refractivity contribution in [1.82, 2.24) is 5.32 Å². The van der Waals surface area contributed by atoms with Crippen LogP contribution in [0.5, 0.6) is 5.75 Å². The summed E-state index contributed by atoms with van der Waals surface area (Å²) in [6.07, 6.45) is 2.33. The van der Waals surface area contributed by atoms with Crippen LogP contribution in [-0.2, 0) is 6.42 Å². The summed E-state index contributed by atoms with van der Waals surface area (Å²) in [7, 11) is 1.73. The summed E-state index contributed by atoms with van der Waals surface area (Å²) in [5, 5.41) is 3.44. The molecule has 0 saturated heterocycles. The van der Waals surface area contributed by atoms with Crippen LogP contribution in [0.2, 0.25) is 0 Å². The zero-order valence-electron chi connectivity index (χ0n) is 9.38. The number of fused-ring (bicyclic) bond motifs is 2. The molecule has 1 aromatic carbocycles. The molecule has 0 atom stereocenters. The Morgan fingerprint density at radius 3 is 3.00 bits per heavy atom. The first-order valence-corrected chi connectivity index (χ1v) is 5.47. The Kier molecular flexibility index (Phi) is 3.22. The summed E-state index contributed by atoms with van der Waals surface area (Å²) in [6.45, 7) is 2.17. The van der Waals surface area contributed by atoms with Gasteiger partial charge in [-0.05, 0) is 48.2 Å². The quantitative estimate of drug-likeness (QED) is 0.810. The van der Waals surface area contributed by atoms with Crippen molar-refractivity contribution in [3.05, 3.63) is 34.9 Å². The number of rotatable bonds is 1. The molecule has 0 saturated carbocycles. The molecule has 0 aromatic heterocycles. The molecule has 0 spiro atoms. The van der Waals surface area contributed by atoms with E-state index >= 15 is 0 Å². The Balaban J connectivity index is 0.000000963. The molecule has 1 aliphatic carbocycles. The Morgan fingerprint density at radius 1 is 1.31 bits per heavy atom. The fraction of sp³-hybridized carbons (Fsp3) is 0.385. The minimum Gasteiger partial charge on any atom is -0.497 e. The van der Waals surface area contributed by atoms with Gasteiger partial charge in [-0.2, -0.15) is 0 Å². The van der Waals surface area contributed by atoms with Crippen molar-refractivity contribution < 1.29 is 4.74 Å². The fourth-order valence-electron chi connectivity index (χ4n) is 2.58. The zero-order chi connectivity index (χ0) is 10.3. The van der Waals surface area contributed by atoms with E-state index in [1.54, 1.807) is 12.7 Å². The second-order valence-corrected chi connectivity index (χ2v) is 4.21. The van der Waals surface area contributed by atoms with Crippen LogP contribution in [0.1, 0.15) is 17.5 Å². The molecule has 0 fully saturated rings. The van der Waals surface area contributed by atoms with Crippen LogP contribution in [0, 0.1) is 0 Å². The zero-order valence-corrected chi connectivity index (χ0v) is 10.2. The number of ether oxygens (including phenoxy) is 1. The first-order chi connectivity index (χ1) is 7.38. The molecule has 0 radical (unpaired) electrons. The van der Waals surface area contributed by atoms with E-state index in [0.29, 0.717) is 0 Å². The normalized spacial score (nSPS) is 17.6. The molecule has 2 aliphatic rings. The highest BCUT2D eigenvalue weighted by Gasteiger charge is 2.23. The van der Waals surface area contributed by atoms with Crippen molar-refractivity contribution in [3.8, 4) is 5.75 Å². The van der Waals surface area contributed by atoms with E-state index in [4.69, 9.17) is 4.74 Å². The lowest BCUT2D eigenvalue weighted by Crippen LogP contribution is -2.22. The number of benzene rings is 1. The lowest BCUT2D eigenvalue weighted by atomic mass is 10.0. The molecule has 16 heavy (non-hydrogen) atoms. The maximum atomic E-state index is 5.26. The molecular formula is C13H16ClNO. The number of methoxy groups -OCH3 is 1. The highest BCUT2D eigenvalue weighted by atomic mass is 35.5. The van der Waals surface area contributed by atoms with Crippen LogP contribution in [-0.4, -0.2) is 20.2 Å². The maximum absolute atomic E-state index is 5.26. The van der Waals surface area contributed by atoms with Crippen LogP contribution in [0.15, 0.2) is 23.8 Å². The monoisotopic (exact) mass is 237 g/mol. The van der Waals surface area contributed by atoms with Gasteiger partial charge in [-0.1, -0.05) is 11.6 Å². The first-order valence-electron chi connectivity index (χ1n) is 5.47. The number of halogens is 1. The van der Waals surface area contributed by atoms with Gasteiger partial charge in [-0.25, -0.2) is 0 Å². The molecule has 1 N–H and O–H groups in total. The van der Waals surface area contributed by atoms with E-state index in [0.717, 1.165) is 25.3 Å².